The Kier molecular flexibility index (Phi) is 5.71. The van der Waals surface area contributed by atoms with Crippen LogP contribution < -0.4 is 4.72 Å². The molecule has 1 rings (SSSR count). The number of nitrogens with one attached hydrogen (secondary N) is 1. The summed E-state index contributed by atoms with van der Waals surface area (Å²) in [5, 5.41) is 9.41. The number of halogens is 4. The van der Waals surface area contributed by atoms with Gasteiger partial charge in [-0.3, -0.25) is 0 Å². The van der Waals surface area contributed by atoms with Crippen molar-refractivity contribution in [3.63, 3.8) is 0 Å². The predicted molar refractivity (Wildman–Crippen MR) is 67.5 cm³/mol. The average molecular weight is 329 g/mol. The molecule has 1 unspecified atom stereocenters. The summed E-state index contributed by atoms with van der Waals surface area (Å²) in [7, 11) is -4.47. The van der Waals surface area contributed by atoms with Crippen molar-refractivity contribution in [3.8, 4) is 0 Å². The van der Waals surface area contributed by atoms with Crippen LogP contribution in [0.25, 0.3) is 0 Å². The van der Waals surface area contributed by atoms with Gasteiger partial charge in [0.25, 0.3) is 0 Å². The number of aliphatic hydroxyl groups excluding tert-OH is 1. The molecule has 0 amide bonds. The Hall–Kier alpha value is -1.19. The highest BCUT2D eigenvalue weighted by Gasteiger charge is 2.33. The molecule has 2 N–H and O–H groups in total. The number of hydrogen-bond acceptors (Lipinski definition) is 3. The summed E-state index contributed by atoms with van der Waals surface area (Å²) in [5.41, 5.74) is -1.27. The van der Waals surface area contributed by atoms with E-state index in [1.54, 1.807) is 6.92 Å². The first-order valence-electron chi connectivity index (χ1n) is 6.12. The lowest BCUT2D eigenvalue weighted by Crippen LogP contribution is -2.32. The first-order chi connectivity index (χ1) is 9.58. The van der Waals surface area contributed by atoms with Gasteiger partial charge in [0.05, 0.1) is 11.7 Å². The van der Waals surface area contributed by atoms with Crippen molar-refractivity contribution in [1.82, 2.24) is 4.72 Å². The quantitative estimate of drug-likeness (QED) is 0.787. The van der Waals surface area contributed by atoms with Gasteiger partial charge in [-0.2, -0.15) is 13.2 Å². The van der Waals surface area contributed by atoms with Crippen LogP contribution in [0, 0.1) is 5.82 Å². The summed E-state index contributed by atoms with van der Waals surface area (Å²) in [6, 6.07) is 1.13. The van der Waals surface area contributed by atoms with Gasteiger partial charge < -0.3 is 5.11 Å². The Labute approximate surface area is 119 Å². The normalized spacial score (nSPS) is 14.2. The van der Waals surface area contributed by atoms with Gasteiger partial charge in [0.15, 0.2) is 0 Å². The molecule has 0 aromatic heterocycles. The maximum atomic E-state index is 13.5. The van der Waals surface area contributed by atoms with E-state index in [0.29, 0.717) is 25.0 Å². The molecule has 1 atom stereocenters. The molecule has 0 bridgehead atoms. The highest BCUT2D eigenvalue weighted by Crippen LogP contribution is 2.31. The second-order valence-electron chi connectivity index (χ2n) is 4.44. The smallest absolute Gasteiger partial charge is 0.392 e. The van der Waals surface area contributed by atoms with Gasteiger partial charge in [-0.25, -0.2) is 17.5 Å². The Balaban J connectivity index is 3.02. The fraction of sp³-hybridized carbons (Fsp3) is 0.500. The monoisotopic (exact) mass is 329 g/mol. The molecule has 0 aliphatic carbocycles. The lowest BCUT2D eigenvalue weighted by Gasteiger charge is -2.13. The van der Waals surface area contributed by atoms with Gasteiger partial charge in [0.1, 0.15) is 10.7 Å². The zero-order chi connectivity index (χ0) is 16.3. The molecule has 9 heteroatoms. The van der Waals surface area contributed by atoms with Crippen LogP contribution in [0.1, 0.15) is 25.3 Å². The van der Waals surface area contributed by atoms with E-state index in [9.17, 15) is 31.1 Å². The topological polar surface area (TPSA) is 66.4 Å². The summed E-state index contributed by atoms with van der Waals surface area (Å²) < 4.78 is 76.6. The van der Waals surface area contributed by atoms with Gasteiger partial charge in [-0.05, 0) is 24.6 Å². The molecule has 1 aromatic carbocycles. The largest absolute Gasteiger partial charge is 0.416 e. The predicted octanol–water partition coefficient (Wildman–Crippen LogP) is 2.28. The highest BCUT2D eigenvalue weighted by atomic mass is 32.2. The molecular weight excluding hydrogens is 314 g/mol. The second kappa shape index (κ2) is 6.71. The van der Waals surface area contributed by atoms with Gasteiger partial charge in [0.2, 0.25) is 10.0 Å². The molecule has 0 saturated carbocycles. The Morgan fingerprint density at radius 3 is 2.48 bits per heavy atom. The number of benzene rings is 1. The number of hydrogen-bond donors (Lipinski definition) is 2. The van der Waals surface area contributed by atoms with E-state index in [2.05, 4.69) is 0 Å². The SMILES string of the molecule is CCCC(O)CNS(=O)(=O)c1cc(C(F)(F)F)ccc1F. The molecule has 1 aromatic rings. The van der Waals surface area contributed by atoms with Crippen molar-refractivity contribution < 1.29 is 31.1 Å². The fourth-order valence-corrected chi connectivity index (χ4v) is 2.78. The molecule has 0 radical (unpaired) electrons. The summed E-state index contributed by atoms with van der Waals surface area (Å²) in [6.45, 7) is 1.37. The van der Waals surface area contributed by atoms with Crippen molar-refractivity contribution in [2.24, 2.45) is 0 Å². The standard InChI is InChI=1S/C12H15F4NO3S/c1-2-3-9(18)7-17-21(19,20)11-6-8(12(14,15)16)4-5-10(11)13/h4-6,9,17-18H,2-3,7H2,1H3. The Bertz CT molecular complexity index is 587. The third kappa shape index (κ3) is 4.94. The van der Waals surface area contributed by atoms with Crippen molar-refractivity contribution in [2.45, 2.75) is 36.9 Å². The lowest BCUT2D eigenvalue weighted by atomic mass is 10.2. The van der Waals surface area contributed by atoms with Crippen molar-refractivity contribution in [2.75, 3.05) is 6.54 Å². The van der Waals surface area contributed by atoms with Gasteiger partial charge in [-0.1, -0.05) is 13.3 Å². The van der Waals surface area contributed by atoms with Crippen LogP contribution in [-0.2, 0) is 16.2 Å². The van der Waals surface area contributed by atoms with E-state index in [1.807, 2.05) is 4.72 Å². The maximum absolute atomic E-state index is 13.5. The van der Waals surface area contributed by atoms with Crippen LogP contribution in [0.5, 0.6) is 0 Å². The van der Waals surface area contributed by atoms with Gasteiger partial charge >= 0.3 is 6.18 Å². The summed E-state index contributed by atoms with van der Waals surface area (Å²) in [5.74, 6) is -1.29. The molecule has 0 fully saturated rings. The van der Waals surface area contributed by atoms with Crippen LogP contribution in [0.15, 0.2) is 23.1 Å². The van der Waals surface area contributed by atoms with E-state index >= 15 is 0 Å². The van der Waals surface area contributed by atoms with E-state index < -0.39 is 45.1 Å². The van der Waals surface area contributed by atoms with Crippen LogP contribution in [0.3, 0.4) is 0 Å². The minimum Gasteiger partial charge on any atom is -0.392 e. The summed E-state index contributed by atoms with van der Waals surface area (Å²) in [4.78, 5) is -1.10. The third-order valence-corrected chi connectivity index (χ3v) is 4.12. The molecule has 21 heavy (non-hydrogen) atoms. The van der Waals surface area contributed by atoms with E-state index in [-0.39, 0.29) is 6.07 Å². The molecule has 4 nitrogen and oxygen atoms in total. The number of rotatable bonds is 6. The Morgan fingerprint density at radius 2 is 1.95 bits per heavy atom. The molecule has 0 heterocycles. The van der Waals surface area contributed by atoms with E-state index in [1.165, 1.54) is 0 Å². The van der Waals surface area contributed by atoms with Crippen LogP contribution >= 0.6 is 0 Å². The molecule has 0 aliphatic rings. The summed E-state index contributed by atoms with van der Waals surface area (Å²) >= 11 is 0. The fourth-order valence-electron chi connectivity index (χ4n) is 1.60. The highest BCUT2D eigenvalue weighted by molar-refractivity contribution is 7.89. The minimum atomic E-state index is -4.78. The number of aliphatic hydroxyl groups is 1. The number of sulfonamides is 1. The van der Waals surface area contributed by atoms with Crippen molar-refractivity contribution in [1.29, 1.82) is 0 Å². The van der Waals surface area contributed by atoms with Gasteiger partial charge in [-0.15, -0.1) is 0 Å². The minimum absolute atomic E-state index is 0.226. The Morgan fingerprint density at radius 1 is 1.33 bits per heavy atom. The molecular formula is C12H15F4NO3S. The van der Waals surface area contributed by atoms with Crippen molar-refractivity contribution >= 4 is 10.0 Å². The maximum Gasteiger partial charge on any atom is 0.416 e. The van der Waals surface area contributed by atoms with Crippen LogP contribution in [0.2, 0.25) is 0 Å². The first-order valence-corrected chi connectivity index (χ1v) is 7.60. The average Bonchev–Trinajstić information content (AvgIpc) is 2.36. The molecule has 0 aliphatic heterocycles. The van der Waals surface area contributed by atoms with Crippen molar-refractivity contribution in [3.05, 3.63) is 29.6 Å². The van der Waals surface area contributed by atoms with Gasteiger partial charge in [0, 0.05) is 6.54 Å². The summed E-state index contributed by atoms with van der Waals surface area (Å²) in [6.07, 6.45) is -4.85. The molecule has 0 saturated heterocycles. The molecule has 0 spiro atoms. The molecule has 120 valence electrons. The first kappa shape index (κ1) is 17.9. The lowest BCUT2D eigenvalue weighted by molar-refractivity contribution is -0.137. The van der Waals surface area contributed by atoms with E-state index in [0.717, 1.165) is 0 Å². The second-order valence-corrected chi connectivity index (χ2v) is 6.17. The van der Waals surface area contributed by atoms with E-state index in [4.69, 9.17) is 0 Å². The van der Waals surface area contributed by atoms with Crippen LogP contribution in [0.4, 0.5) is 17.6 Å². The third-order valence-electron chi connectivity index (χ3n) is 2.68. The zero-order valence-electron chi connectivity index (χ0n) is 11.1. The number of alkyl halides is 3. The zero-order valence-corrected chi connectivity index (χ0v) is 11.9. The van der Waals surface area contributed by atoms with Crippen LogP contribution in [-0.4, -0.2) is 26.2 Å².